The van der Waals surface area contributed by atoms with Gasteiger partial charge in [0.25, 0.3) is 9.70 Å². The number of alkyl halides is 3. The van der Waals surface area contributed by atoms with Gasteiger partial charge in [0, 0.05) is 17.5 Å². The minimum atomic E-state index is -2.23. The van der Waals surface area contributed by atoms with Gasteiger partial charge in [-0.05, 0) is 46.1 Å². The van der Waals surface area contributed by atoms with Gasteiger partial charge in [-0.3, -0.25) is 9.59 Å². The maximum atomic E-state index is 12.4. The Hall–Kier alpha value is -1.96. The highest BCUT2D eigenvalue weighted by atomic mass is 35.6. The summed E-state index contributed by atoms with van der Waals surface area (Å²) in [5.74, 6) is -1.28. The number of benzene rings is 1. The van der Waals surface area contributed by atoms with Gasteiger partial charge in [0.2, 0.25) is 0 Å². The molecule has 1 aliphatic rings. The van der Waals surface area contributed by atoms with Crippen LogP contribution in [0.5, 0.6) is 5.75 Å². The van der Waals surface area contributed by atoms with Crippen molar-refractivity contribution in [1.82, 2.24) is 0 Å². The first-order chi connectivity index (χ1) is 14.9. The highest BCUT2D eigenvalue weighted by Gasteiger charge is 2.36. The largest absolute Gasteiger partial charge is 0.496 e. The molecule has 0 atom stereocenters. The molecule has 1 N–H and O–H groups in total. The molecule has 0 bridgehead atoms. The van der Waals surface area contributed by atoms with Crippen LogP contribution in [0.2, 0.25) is 0 Å². The second-order valence-corrected chi connectivity index (χ2v) is 9.97. The smallest absolute Gasteiger partial charge is 0.341 e. The Kier molecular flexibility index (Phi) is 8.85. The predicted molar refractivity (Wildman–Crippen MR) is 124 cm³/mol. The van der Waals surface area contributed by atoms with Crippen molar-refractivity contribution in [2.45, 2.75) is 63.5 Å². The summed E-state index contributed by atoms with van der Waals surface area (Å²) in [6.45, 7) is 7.33. The summed E-state index contributed by atoms with van der Waals surface area (Å²) in [7, 11) is 1.49. The monoisotopic (exact) mass is 505 g/mol. The molecule has 1 amide bonds. The lowest BCUT2D eigenvalue weighted by Crippen LogP contribution is -2.28. The number of allylic oxidation sites excluding steroid dienone is 2. The van der Waals surface area contributed by atoms with Gasteiger partial charge in [0.15, 0.2) is 0 Å². The molecule has 2 rings (SSSR count). The number of cyclic esters (lactones) is 1. The minimum absolute atomic E-state index is 0.0557. The first-order valence-electron chi connectivity index (χ1n) is 9.99. The molecule has 10 heteroatoms. The van der Waals surface area contributed by atoms with Crippen LogP contribution in [0.15, 0.2) is 11.6 Å². The van der Waals surface area contributed by atoms with Gasteiger partial charge in [-0.25, -0.2) is 4.79 Å². The number of nitrogens with one attached hydrogen (secondary N) is 1. The third kappa shape index (κ3) is 6.30. The van der Waals surface area contributed by atoms with Crippen LogP contribution in [-0.2, 0) is 32.1 Å². The minimum Gasteiger partial charge on any atom is -0.496 e. The molecule has 1 aromatic rings. The number of hydrogen-bond donors (Lipinski definition) is 1. The van der Waals surface area contributed by atoms with Gasteiger partial charge in [-0.15, -0.1) is 0 Å². The first-order valence-corrected chi connectivity index (χ1v) is 11.1. The number of fused-ring (bicyclic) bond motifs is 1. The third-order valence-corrected chi connectivity index (χ3v) is 5.43. The summed E-state index contributed by atoms with van der Waals surface area (Å²) in [5, 5.41) is 2.56. The van der Waals surface area contributed by atoms with Crippen LogP contribution in [0.1, 0.15) is 60.7 Å². The normalized spacial score (nSPS) is 13.7. The molecule has 0 aliphatic carbocycles. The molecule has 32 heavy (non-hydrogen) atoms. The molecular weight excluding hydrogens is 481 g/mol. The zero-order chi connectivity index (χ0) is 24.2. The van der Waals surface area contributed by atoms with Gasteiger partial charge < -0.3 is 19.5 Å². The van der Waals surface area contributed by atoms with E-state index in [-0.39, 0.29) is 36.4 Å². The lowest BCUT2D eigenvalue weighted by Gasteiger charge is -2.21. The van der Waals surface area contributed by atoms with Gasteiger partial charge >= 0.3 is 11.9 Å². The Labute approximate surface area is 202 Å². The SMILES string of the molecule is COc1c(C)c2c(c(NC(=O)C(Cl)(Cl)Cl)c1CC=C(C)CCC(=O)OC(C)C)C(=O)OC2. The summed E-state index contributed by atoms with van der Waals surface area (Å²) in [4.78, 5) is 36.7. The Morgan fingerprint density at radius 1 is 1.25 bits per heavy atom. The van der Waals surface area contributed by atoms with Crippen molar-refractivity contribution in [1.29, 1.82) is 0 Å². The lowest BCUT2D eigenvalue weighted by atomic mass is 9.93. The quantitative estimate of drug-likeness (QED) is 0.296. The van der Waals surface area contributed by atoms with E-state index in [2.05, 4.69) is 5.32 Å². The van der Waals surface area contributed by atoms with Crippen molar-refractivity contribution in [3.8, 4) is 5.75 Å². The highest BCUT2D eigenvalue weighted by molar-refractivity contribution is 6.76. The zero-order valence-electron chi connectivity index (χ0n) is 18.6. The van der Waals surface area contributed by atoms with Crippen molar-refractivity contribution in [3.05, 3.63) is 33.9 Å². The second kappa shape index (κ2) is 10.8. The number of anilines is 1. The molecule has 176 valence electrons. The fourth-order valence-corrected chi connectivity index (χ4v) is 3.52. The van der Waals surface area contributed by atoms with Crippen LogP contribution in [0.25, 0.3) is 0 Å². The standard InChI is InChI=1S/C22H26Cl3NO6/c1-11(2)32-16(27)9-7-12(3)6-8-14-18(26-21(29)22(23,24)25)17-15(10-31-20(17)28)13(4)19(14)30-5/h6,11H,7-10H2,1-5H3,(H,26,29). The summed E-state index contributed by atoms with van der Waals surface area (Å²) in [5.41, 5.74) is 3.19. The predicted octanol–water partition coefficient (Wildman–Crippen LogP) is 5.20. The molecule has 0 fully saturated rings. The number of rotatable bonds is 8. The van der Waals surface area contributed by atoms with Crippen LogP contribution >= 0.6 is 34.8 Å². The maximum absolute atomic E-state index is 12.4. The van der Waals surface area contributed by atoms with E-state index < -0.39 is 15.7 Å². The molecular formula is C22H26Cl3NO6. The van der Waals surface area contributed by atoms with E-state index in [4.69, 9.17) is 49.0 Å². The molecule has 0 unspecified atom stereocenters. The van der Waals surface area contributed by atoms with Gasteiger partial charge in [0.05, 0.1) is 24.5 Å². The third-order valence-electron chi connectivity index (χ3n) is 4.92. The van der Waals surface area contributed by atoms with Crippen molar-refractivity contribution in [3.63, 3.8) is 0 Å². The van der Waals surface area contributed by atoms with Gasteiger partial charge in [-0.2, -0.15) is 0 Å². The number of methoxy groups -OCH3 is 1. The Morgan fingerprint density at radius 2 is 1.91 bits per heavy atom. The number of hydrogen-bond acceptors (Lipinski definition) is 6. The van der Waals surface area contributed by atoms with Crippen LogP contribution < -0.4 is 10.1 Å². The summed E-state index contributed by atoms with van der Waals surface area (Å²) < 4.78 is 13.7. The number of halogens is 3. The fourth-order valence-electron chi connectivity index (χ4n) is 3.37. The Morgan fingerprint density at radius 3 is 2.47 bits per heavy atom. The molecule has 1 aromatic carbocycles. The van der Waals surface area contributed by atoms with E-state index in [1.165, 1.54) is 7.11 Å². The van der Waals surface area contributed by atoms with Crippen LogP contribution in [0.3, 0.4) is 0 Å². The fraction of sp³-hybridized carbons (Fsp3) is 0.500. The van der Waals surface area contributed by atoms with Crippen molar-refractivity contribution in [2.75, 3.05) is 12.4 Å². The van der Waals surface area contributed by atoms with Gasteiger partial charge in [0.1, 0.15) is 12.4 Å². The van der Waals surface area contributed by atoms with E-state index in [1.807, 2.05) is 19.9 Å². The number of ether oxygens (including phenoxy) is 3. The second-order valence-electron chi connectivity index (χ2n) is 7.69. The average molecular weight is 507 g/mol. The van der Waals surface area contributed by atoms with E-state index >= 15 is 0 Å². The van der Waals surface area contributed by atoms with Crippen LogP contribution in [0, 0.1) is 6.92 Å². The molecule has 0 aromatic heterocycles. The summed E-state index contributed by atoms with van der Waals surface area (Å²) in [6, 6.07) is 0. The number of esters is 2. The number of amides is 1. The van der Waals surface area contributed by atoms with Crippen molar-refractivity contribution in [2.24, 2.45) is 0 Å². The Balaban J connectivity index is 2.43. The molecule has 0 radical (unpaired) electrons. The highest BCUT2D eigenvalue weighted by Crippen LogP contribution is 2.42. The average Bonchev–Trinajstić information content (AvgIpc) is 3.07. The van der Waals surface area contributed by atoms with E-state index in [0.717, 1.165) is 11.1 Å². The zero-order valence-corrected chi connectivity index (χ0v) is 20.8. The van der Waals surface area contributed by atoms with Crippen LogP contribution in [0.4, 0.5) is 5.69 Å². The van der Waals surface area contributed by atoms with Gasteiger partial charge in [-0.1, -0.05) is 46.5 Å². The topological polar surface area (TPSA) is 90.9 Å². The molecule has 0 saturated carbocycles. The molecule has 1 heterocycles. The van der Waals surface area contributed by atoms with Crippen LogP contribution in [-0.4, -0.2) is 34.9 Å². The molecule has 0 saturated heterocycles. The molecule has 0 spiro atoms. The maximum Gasteiger partial charge on any atom is 0.341 e. The summed E-state index contributed by atoms with van der Waals surface area (Å²) >= 11 is 17.2. The van der Waals surface area contributed by atoms with E-state index in [1.54, 1.807) is 13.8 Å². The summed E-state index contributed by atoms with van der Waals surface area (Å²) in [6.07, 6.45) is 2.75. The van der Waals surface area contributed by atoms with Crippen molar-refractivity contribution >= 4 is 58.3 Å². The lowest BCUT2D eigenvalue weighted by molar-refractivity contribution is -0.147. The first kappa shape index (κ1) is 26.3. The number of carbonyl (C=O) groups is 3. The van der Waals surface area contributed by atoms with Crippen molar-refractivity contribution < 1.29 is 28.6 Å². The number of carbonyl (C=O) groups excluding carboxylic acids is 3. The molecule has 7 nitrogen and oxygen atoms in total. The van der Waals surface area contributed by atoms with E-state index in [0.29, 0.717) is 29.7 Å². The Bertz CT molecular complexity index is 950. The molecule has 1 aliphatic heterocycles. The van der Waals surface area contributed by atoms with E-state index in [9.17, 15) is 14.4 Å².